The van der Waals surface area contributed by atoms with Crippen LogP contribution >= 0.6 is 11.6 Å². The Kier molecular flexibility index (Phi) is 6.66. The van der Waals surface area contributed by atoms with Crippen molar-refractivity contribution < 1.29 is 4.79 Å². The van der Waals surface area contributed by atoms with Gasteiger partial charge in [0.1, 0.15) is 11.2 Å². The Balaban J connectivity index is 3.51. The van der Waals surface area contributed by atoms with E-state index in [1.807, 2.05) is 26.8 Å². The number of allylic oxidation sites excluding steroid dienone is 2. The molecule has 0 spiro atoms. The number of carbonyl (C=O) groups excluding carboxylic acids is 1. The highest BCUT2D eigenvalue weighted by Crippen LogP contribution is 2.27. The maximum Gasteiger partial charge on any atom is 0.249 e. The smallest absolute Gasteiger partial charge is 0.249 e. The Labute approximate surface area is 139 Å². The number of amides is 1. The van der Waals surface area contributed by atoms with Crippen LogP contribution in [0.2, 0.25) is 0 Å². The summed E-state index contributed by atoms with van der Waals surface area (Å²) in [6.07, 6.45) is 3.52. The second-order valence-electron chi connectivity index (χ2n) is 5.86. The zero-order valence-electron chi connectivity index (χ0n) is 14.8. The maximum atomic E-state index is 12.6. The predicted molar refractivity (Wildman–Crippen MR) is 93.9 cm³/mol. The molecule has 1 heterocycles. The van der Waals surface area contributed by atoms with Gasteiger partial charge in [0.05, 0.1) is 5.70 Å². The molecule has 0 saturated carbocycles. The van der Waals surface area contributed by atoms with Crippen LogP contribution in [0.15, 0.2) is 27.5 Å². The van der Waals surface area contributed by atoms with Crippen molar-refractivity contribution in [1.29, 1.82) is 0 Å². The minimum absolute atomic E-state index is 0.107. The number of carbonyl (C=O) groups is 1. The number of likely N-dealkylation sites (N-methyl/N-ethyl adjacent to an activating group) is 1. The number of hydrogen-bond donors (Lipinski definition) is 0. The first-order valence-electron chi connectivity index (χ1n) is 7.96. The van der Waals surface area contributed by atoms with Crippen LogP contribution in [0.25, 0.3) is 0 Å². The van der Waals surface area contributed by atoms with Crippen molar-refractivity contribution >= 4 is 23.3 Å². The van der Waals surface area contributed by atoms with Crippen molar-refractivity contribution in [3.05, 3.63) is 22.5 Å². The fourth-order valence-corrected chi connectivity index (χ4v) is 2.85. The zero-order valence-corrected chi connectivity index (χ0v) is 15.5. The van der Waals surface area contributed by atoms with Gasteiger partial charge in [-0.1, -0.05) is 31.5 Å². The summed E-state index contributed by atoms with van der Waals surface area (Å²) < 4.78 is 0. The normalized spacial score (nSPS) is 24.6. The summed E-state index contributed by atoms with van der Waals surface area (Å²) in [5.41, 5.74) is 1.85. The van der Waals surface area contributed by atoms with E-state index in [9.17, 15) is 4.79 Å². The lowest BCUT2D eigenvalue weighted by atomic mass is 10.0. The molecule has 1 saturated heterocycles. The first kappa shape index (κ1) is 18.8. The summed E-state index contributed by atoms with van der Waals surface area (Å²) in [6, 6.07) is -0.0263. The van der Waals surface area contributed by atoms with Crippen LogP contribution in [0.5, 0.6) is 0 Å². The van der Waals surface area contributed by atoms with Gasteiger partial charge in [-0.15, -0.1) is 0 Å². The van der Waals surface area contributed by atoms with Crippen molar-refractivity contribution in [2.24, 2.45) is 4.99 Å². The molecule has 0 aromatic carbocycles. The van der Waals surface area contributed by atoms with Gasteiger partial charge >= 0.3 is 0 Å². The van der Waals surface area contributed by atoms with Gasteiger partial charge < -0.3 is 9.80 Å². The molecule has 1 aliphatic rings. The van der Waals surface area contributed by atoms with Crippen LogP contribution < -0.4 is 0 Å². The lowest BCUT2D eigenvalue weighted by molar-refractivity contribution is -0.134. The number of nitrogens with zero attached hydrogens (tertiary/aromatic N) is 3. The summed E-state index contributed by atoms with van der Waals surface area (Å²) in [7, 11) is 1.80. The monoisotopic (exact) mass is 325 g/mol. The third-order valence-corrected chi connectivity index (χ3v) is 4.50. The molecular weight excluding hydrogens is 298 g/mol. The fourth-order valence-electron chi connectivity index (χ4n) is 2.64. The van der Waals surface area contributed by atoms with Gasteiger partial charge in [-0.3, -0.25) is 4.79 Å². The first-order chi connectivity index (χ1) is 10.3. The standard InChI is InChI=1S/C17H28ClN3O/c1-8-12(6)15(18)19-16-13(9-2)20(7)17(22)14(10-3)21(16)11(4)5/h9,11,14H,8,10H2,1-7H3/b13-9+,15-12+,19-16-/t14-/m1/s1. The summed E-state index contributed by atoms with van der Waals surface area (Å²) in [5.74, 6) is 0.889. The minimum Gasteiger partial charge on any atom is -0.340 e. The third-order valence-electron chi connectivity index (χ3n) is 4.09. The van der Waals surface area contributed by atoms with Gasteiger partial charge in [-0.25, -0.2) is 4.99 Å². The molecule has 1 amide bonds. The van der Waals surface area contributed by atoms with Crippen LogP contribution in [0.4, 0.5) is 0 Å². The predicted octanol–water partition coefficient (Wildman–Crippen LogP) is 4.13. The molecule has 0 aromatic rings. The van der Waals surface area contributed by atoms with Gasteiger partial charge in [0.15, 0.2) is 5.84 Å². The number of hydrogen-bond acceptors (Lipinski definition) is 2. The molecule has 124 valence electrons. The van der Waals surface area contributed by atoms with Gasteiger partial charge in [-0.05, 0) is 46.1 Å². The lowest BCUT2D eigenvalue weighted by Crippen LogP contribution is -2.59. The number of halogens is 1. The Hall–Kier alpha value is -1.29. The molecule has 1 atom stereocenters. The Morgan fingerprint density at radius 2 is 2.00 bits per heavy atom. The highest BCUT2D eigenvalue weighted by Gasteiger charge is 2.39. The Morgan fingerprint density at radius 1 is 1.41 bits per heavy atom. The lowest BCUT2D eigenvalue weighted by Gasteiger charge is -2.44. The van der Waals surface area contributed by atoms with Crippen LogP contribution in [0.1, 0.15) is 54.4 Å². The second kappa shape index (κ2) is 7.82. The molecular formula is C17H28ClN3O. The van der Waals surface area contributed by atoms with Gasteiger partial charge in [-0.2, -0.15) is 0 Å². The van der Waals surface area contributed by atoms with Crippen molar-refractivity contribution in [3.63, 3.8) is 0 Å². The van der Waals surface area contributed by atoms with E-state index in [-0.39, 0.29) is 18.0 Å². The highest BCUT2D eigenvalue weighted by atomic mass is 35.5. The van der Waals surface area contributed by atoms with Crippen LogP contribution in [-0.4, -0.2) is 40.7 Å². The van der Waals surface area contributed by atoms with E-state index in [2.05, 4.69) is 30.7 Å². The van der Waals surface area contributed by atoms with Crippen molar-refractivity contribution in [1.82, 2.24) is 9.80 Å². The molecule has 4 nitrogen and oxygen atoms in total. The van der Waals surface area contributed by atoms with E-state index >= 15 is 0 Å². The van der Waals surface area contributed by atoms with Crippen molar-refractivity contribution in [3.8, 4) is 0 Å². The molecule has 5 heteroatoms. The maximum absolute atomic E-state index is 12.6. The molecule has 0 bridgehead atoms. The van der Waals surface area contributed by atoms with E-state index in [0.717, 1.165) is 29.9 Å². The zero-order chi connectivity index (χ0) is 17.0. The molecule has 1 aliphatic heterocycles. The van der Waals surface area contributed by atoms with E-state index < -0.39 is 0 Å². The van der Waals surface area contributed by atoms with Gasteiger partial charge in [0.2, 0.25) is 5.91 Å². The fraction of sp³-hybridized carbons (Fsp3) is 0.647. The molecule has 22 heavy (non-hydrogen) atoms. The quantitative estimate of drug-likeness (QED) is 0.729. The van der Waals surface area contributed by atoms with Gasteiger partial charge in [0.25, 0.3) is 0 Å². The summed E-state index contributed by atoms with van der Waals surface area (Å²) in [6.45, 7) is 12.1. The van der Waals surface area contributed by atoms with Gasteiger partial charge in [0, 0.05) is 13.1 Å². The molecule has 0 unspecified atom stereocenters. The average molecular weight is 326 g/mol. The third kappa shape index (κ3) is 3.54. The molecule has 0 radical (unpaired) electrons. The SMILES string of the molecule is C\C=C1/C(=N/C(Cl)=C(\C)CC)N(C(C)C)[C@H](CC)C(=O)N1C. The second-order valence-corrected chi connectivity index (χ2v) is 6.21. The highest BCUT2D eigenvalue weighted by molar-refractivity contribution is 6.30. The van der Waals surface area contributed by atoms with Crippen molar-refractivity contribution in [2.45, 2.75) is 66.5 Å². The topological polar surface area (TPSA) is 35.9 Å². The number of piperazine rings is 1. The van der Waals surface area contributed by atoms with Crippen molar-refractivity contribution in [2.75, 3.05) is 7.05 Å². The van der Waals surface area contributed by atoms with Crippen LogP contribution in [0.3, 0.4) is 0 Å². The van der Waals surface area contributed by atoms with E-state index in [1.165, 1.54) is 0 Å². The summed E-state index contributed by atoms with van der Waals surface area (Å²) in [5, 5.41) is 0.514. The number of aliphatic imine (C=N–C) groups is 1. The number of rotatable bonds is 4. The Bertz CT molecular complexity index is 520. The van der Waals surface area contributed by atoms with Crippen LogP contribution in [-0.2, 0) is 4.79 Å². The number of amidine groups is 1. The first-order valence-corrected chi connectivity index (χ1v) is 8.34. The largest absolute Gasteiger partial charge is 0.340 e. The molecule has 0 aliphatic carbocycles. The summed E-state index contributed by atoms with van der Waals surface area (Å²) >= 11 is 6.37. The molecule has 1 rings (SSSR count). The van der Waals surface area contributed by atoms with E-state index in [0.29, 0.717) is 5.16 Å². The van der Waals surface area contributed by atoms with E-state index in [4.69, 9.17) is 11.6 Å². The summed E-state index contributed by atoms with van der Waals surface area (Å²) in [4.78, 5) is 21.1. The van der Waals surface area contributed by atoms with E-state index in [1.54, 1.807) is 11.9 Å². The average Bonchev–Trinajstić information content (AvgIpc) is 2.49. The van der Waals surface area contributed by atoms with Crippen LogP contribution in [0, 0.1) is 0 Å². The molecule has 1 fully saturated rings. The molecule has 0 N–H and O–H groups in total. The minimum atomic E-state index is -0.196. The Morgan fingerprint density at radius 3 is 2.41 bits per heavy atom. The molecule has 0 aromatic heterocycles.